The van der Waals surface area contributed by atoms with Crippen molar-refractivity contribution < 1.29 is 4.79 Å². The molecular formula is C13H11KNO. The zero-order valence-corrected chi connectivity index (χ0v) is 12.3. The molecule has 1 amide bonds. The molecule has 0 saturated carbocycles. The standard InChI is InChI=1S/C13H11NO.K/c15-13(11-7-3-1-4-8-11)14-12-9-5-2-6-10-12;/h1-10H,(H,14,15);. The van der Waals surface area contributed by atoms with Gasteiger partial charge >= 0.3 is 0 Å². The zero-order chi connectivity index (χ0) is 10.5. The van der Waals surface area contributed by atoms with Gasteiger partial charge in [-0.2, -0.15) is 0 Å². The Morgan fingerprint density at radius 2 is 1.31 bits per heavy atom. The van der Waals surface area contributed by atoms with E-state index in [1.165, 1.54) is 0 Å². The number of anilines is 1. The predicted molar refractivity (Wildman–Crippen MR) is 66.6 cm³/mol. The summed E-state index contributed by atoms with van der Waals surface area (Å²) in [6.07, 6.45) is 0. The van der Waals surface area contributed by atoms with E-state index in [-0.39, 0.29) is 57.3 Å². The third-order valence-electron chi connectivity index (χ3n) is 2.07. The van der Waals surface area contributed by atoms with E-state index >= 15 is 0 Å². The fourth-order valence-electron chi connectivity index (χ4n) is 1.31. The Balaban J connectivity index is 0.00000128. The Hall–Kier alpha value is -0.454. The van der Waals surface area contributed by atoms with Gasteiger partial charge in [0.15, 0.2) is 0 Å². The summed E-state index contributed by atoms with van der Waals surface area (Å²) in [6.45, 7) is 0. The second-order valence-corrected chi connectivity index (χ2v) is 3.19. The van der Waals surface area contributed by atoms with Gasteiger partial charge in [-0.25, -0.2) is 0 Å². The monoisotopic (exact) mass is 236 g/mol. The summed E-state index contributed by atoms with van der Waals surface area (Å²) in [5.74, 6) is -0.0817. The third-order valence-corrected chi connectivity index (χ3v) is 2.07. The first kappa shape index (κ1) is 13.6. The van der Waals surface area contributed by atoms with Gasteiger partial charge in [-0.15, -0.1) is 0 Å². The summed E-state index contributed by atoms with van der Waals surface area (Å²) in [7, 11) is 0. The molecule has 1 N–H and O–H groups in total. The summed E-state index contributed by atoms with van der Waals surface area (Å²) in [5, 5.41) is 2.82. The first-order valence-electron chi connectivity index (χ1n) is 4.78. The van der Waals surface area contributed by atoms with E-state index in [0.717, 1.165) is 5.69 Å². The second-order valence-electron chi connectivity index (χ2n) is 3.19. The molecule has 16 heavy (non-hydrogen) atoms. The van der Waals surface area contributed by atoms with Crippen LogP contribution >= 0.6 is 0 Å². The minimum absolute atomic E-state index is 0. The molecule has 2 nitrogen and oxygen atoms in total. The molecule has 0 unspecified atom stereocenters. The number of benzene rings is 2. The Bertz CT molecular complexity index is 442. The topological polar surface area (TPSA) is 29.1 Å². The van der Waals surface area contributed by atoms with Crippen LogP contribution in [0.25, 0.3) is 0 Å². The molecule has 0 spiro atoms. The molecule has 0 aliphatic carbocycles. The number of carbonyl (C=O) groups excluding carboxylic acids is 1. The predicted octanol–water partition coefficient (Wildman–Crippen LogP) is 2.56. The summed E-state index contributed by atoms with van der Waals surface area (Å²) in [4.78, 5) is 11.7. The van der Waals surface area contributed by atoms with E-state index in [4.69, 9.17) is 0 Å². The molecule has 0 saturated heterocycles. The number of rotatable bonds is 2. The molecule has 2 rings (SSSR count). The smallest absolute Gasteiger partial charge is 0.255 e. The van der Waals surface area contributed by atoms with Gasteiger partial charge in [0, 0.05) is 62.6 Å². The minimum Gasteiger partial charge on any atom is -0.322 e. The Kier molecular flexibility index (Phi) is 5.94. The van der Waals surface area contributed by atoms with Crippen LogP contribution in [-0.2, 0) is 0 Å². The zero-order valence-electron chi connectivity index (χ0n) is 9.18. The third kappa shape index (κ3) is 3.85. The van der Waals surface area contributed by atoms with Crippen LogP contribution in [0.1, 0.15) is 10.4 Å². The van der Waals surface area contributed by atoms with Crippen molar-refractivity contribution in [3.8, 4) is 0 Å². The molecule has 3 heteroatoms. The van der Waals surface area contributed by atoms with Gasteiger partial charge in [-0.3, -0.25) is 4.79 Å². The average Bonchev–Trinajstić information content (AvgIpc) is 2.31. The van der Waals surface area contributed by atoms with Crippen molar-refractivity contribution in [2.75, 3.05) is 5.32 Å². The fraction of sp³-hybridized carbons (Fsp3) is 0. The van der Waals surface area contributed by atoms with Crippen LogP contribution in [0.3, 0.4) is 0 Å². The molecular weight excluding hydrogens is 225 g/mol. The van der Waals surface area contributed by atoms with Crippen LogP contribution in [0.15, 0.2) is 60.7 Å². The Morgan fingerprint density at radius 1 is 0.812 bits per heavy atom. The van der Waals surface area contributed by atoms with E-state index in [1.54, 1.807) is 12.1 Å². The van der Waals surface area contributed by atoms with Crippen LogP contribution < -0.4 is 5.32 Å². The van der Waals surface area contributed by atoms with Gasteiger partial charge < -0.3 is 5.32 Å². The number of carbonyl (C=O) groups is 1. The van der Waals surface area contributed by atoms with Crippen LogP contribution in [0.2, 0.25) is 0 Å². The van der Waals surface area contributed by atoms with Gasteiger partial charge in [0.1, 0.15) is 0 Å². The van der Waals surface area contributed by atoms with Crippen molar-refractivity contribution >= 4 is 63.0 Å². The van der Waals surface area contributed by atoms with Crippen LogP contribution in [0.5, 0.6) is 0 Å². The van der Waals surface area contributed by atoms with E-state index < -0.39 is 0 Å². The molecule has 0 heterocycles. The quantitative estimate of drug-likeness (QED) is 0.798. The van der Waals surface area contributed by atoms with Crippen molar-refractivity contribution in [3.05, 3.63) is 66.2 Å². The number of hydrogen-bond donors (Lipinski definition) is 1. The number of amides is 1. The fourth-order valence-corrected chi connectivity index (χ4v) is 1.31. The van der Waals surface area contributed by atoms with Crippen molar-refractivity contribution in [2.45, 2.75) is 0 Å². The number of hydrogen-bond acceptors (Lipinski definition) is 1. The van der Waals surface area contributed by atoms with Crippen molar-refractivity contribution in [2.24, 2.45) is 0 Å². The van der Waals surface area contributed by atoms with E-state index in [2.05, 4.69) is 5.32 Å². The van der Waals surface area contributed by atoms with Crippen molar-refractivity contribution in [1.29, 1.82) is 0 Å². The van der Waals surface area contributed by atoms with Gasteiger partial charge in [0.05, 0.1) is 0 Å². The molecule has 1 radical (unpaired) electrons. The molecule has 0 aromatic heterocycles. The van der Waals surface area contributed by atoms with Crippen LogP contribution in [0.4, 0.5) is 5.69 Å². The van der Waals surface area contributed by atoms with Crippen molar-refractivity contribution in [1.82, 2.24) is 0 Å². The van der Waals surface area contributed by atoms with E-state index in [0.29, 0.717) is 5.56 Å². The number of para-hydroxylation sites is 1. The molecule has 0 aliphatic heterocycles. The summed E-state index contributed by atoms with van der Waals surface area (Å²) in [5.41, 5.74) is 1.48. The van der Waals surface area contributed by atoms with E-state index in [1.807, 2.05) is 48.5 Å². The maximum absolute atomic E-state index is 11.7. The maximum atomic E-state index is 11.7. The van der Waals surface area contributed by atoms with Crippen LogP contribution in [-0.4, -0.2) is 57.3 Å². The minimum atomic E-state index is -0.0817. The van der Waals surface area contributed by atoms with Gasteiger partial charge in [-0.05, 0) is 24.3 Å². The van der Waals surface area contributed by atoms with Crippen LogP contribution in [0, 0.1) is 0 Å². The van der Waals surface area contributed by atoms with Gasteiger partial charge in [0.2, 0.25) is 0 Å². The molecule has 75 valence electrons. The summed E-state index contributed by atoms with van der Waals surface area (Å²) >= 11 is 0. The SMILES string of the molecule is O=C(Nc1ccccc1)c1ccccc1.[K]. The van der Waals surface area contributed by atoms with Gasteiger partial charge in [0.25, 0.3) is 5.91 Å². The largest absolute Gasteiger partial charge is 0.322 e. The average molecular weight is 236 g/mol. The molecule has 0 aliphatic rings. The summed E-state index contributed by atoms with van der Waals surface area (Å²) in [6, 6.07) is 18.6. The second kappa shape index (κ2) is 6.99. The Morgan fingerprint density at radius 3 is 1.88 bits per heavy atom. The van der Waals surface area contributed by atoms with Crippen molar-refractivity contribution in [3.63, 3.8) is 0 Å². The van der Waals surface area contributed by atoms with E-state index in [9.17, 15) is 4.79 Å². The van der Waals surface area contributed by atoms with Gasteiger partial charge in [-0.1, -0.05) is 36.4 Å². The number of nitrogens with one attached hydrogen (secondary N) is 1. The first-order chi connectivity index (χ1) is 7.36. The molecule has 2 aromatic carbocycles. The molecule has 0 bridgehead atoms. The first-order valence-corrected chi connectivity index (χ1v) is 4.78. The molecule has 0 fully saturated rings. The Labute approximate surface area is 137 Å². The summed E-state index contributed by atoms with van der Waals surface area (Å²) < 4.78 is 0. The maximum Gasteiger partial charge on any atom is 0.255 e. The molecule has 2 aromatic rings. The molecule has 0 atom stereocenters. The normalized spacial score (nSPS) is 9.00.